The largest absolute Gasteiger partial charge is 0.478 e. The van der Waals surface area contributed by atoms with E-state index in [9.17, 15) is 9.59 Å². The maximum atomic E-state index is 11.3. The van der Waals surface area contributed by atoms with E-state index in [0.29, 0.717) is 13.1 Å². The van der Waals surface area contributed by atoms with Crippen LogP contribution in [0, 0.1) is 0 Å². The van der Waals surface area contributed by atoms with Crippen molar-refractivity contribution in [2.75, 3.05) is 20.2 Å². The predicted molar refractivity (Wildman–Crippen MR) is 48.8 cm³/mol. The fourth-order valence-corrected chi connectivity index (χ4v) is 1.37. The van der Waals surface area contributed by atoms with Gasteiger partial charge in [-0.05, 0) is 6.42 Å². The van der Waals surface area contributed by atoms with Crippen LogP contribution in [0.3, 0.4) is 0 Å². The van der Waals surface area contributed by atoms with E-state index in [-0.39, 0.29) is 12.0 Å². The molecule has 0 aliphatic carbocycles. The van der Waals surface area contributed by atoms with Crippen molar-refractivity contribution in [3.63, 3.8) is 0 Å². The summed E-state index contributed by atoms with van der Waals surface area (Å²) in [5.74, 6) is -1.38. The molecular formula is C9H13NO4. The standard InChI is InChI=1S/C9H13NO4/c1-14-7-4-5-10(6-7)8(11)2-3-9(12)13/h2-3,7H,4-6H2,1H3,(H,12,13)/b3-2+/t7-/m1/s1. The summed E-state index contributed by atoms with van der Waals surface area (Å²) in [6.45, 7) is 1.17. The molecule has 0 bridgehead atoms. The maximum Gasteiger partial charge on any atom is 0.328 e. The molecule has 1 aliphatic heterocycles. The second-order valence-electron chi connectivity index (χ2n) is 3.10. The molecule has 5 heteroatoms. The Morgan fingerprint density at radius 3 is 2.71 bits per heavy atom. The lowest BCUT2D eigenvalue weighted by molar-refractivity contribution is -0.132. The van der Waals surface area contributed by atoms with Crippen molar-refractivity contribution < 1.29 is 19.4 Å². The van der Waals surface area contributed by atoms with E-state index in [1.165, 1.54) is 0 Å². The maximum absolute atomic E-state index is 11.3. The van der Waals surface area contributed by atoms with Gasteiger partial charge in [-0.25, -0.2) is 4.79 Å². The van der Waals surface area contributed by atoms with E-state index in [2.05, 4.69) is 0 Å². The molecule has 0 saturated carbocycles. The molecule has 78 valence electrons. The van der Waals surface area contributed by atoms with Crippen molar-refractivity contribution >= 4 is 11.9 Å². The fraction of sp³-hybridized carbons (Fsp3) is 0.556. The number of likely N-dealkylation sites (tertiary alicyclic amines) is 1. The van der Waals surface area contributed by atoms with Crippen LogP contribution in [0.5, 0.6) is 0 Å². The van der Waals surface area contributed by atoms with E-state index in [4.69, 9.17) is 9.84 Å². The SMILES string of the molecule is CO[C@@H]1CCN(C(=O)/C=C/C(=O)O)C1. The number of hydrogen-bond acceptors (Lipinski definition) is 3. The molecule has 1 rings (SSSR count). The van der Waals surface area contributed by atoms with Gasteiger partial charge in [0, 0.05) is 32.4 Å². The highest BCUT2D eigenvalue weighted by Crippen LogP contribution is 2.11. The number of ether oxygens (including phenoxy) is 1. The van der Waals surface area contributed by atoms with Crippen molar-refractivity contribution in [2.24, 2.45) is 0 Å². The monoisotopic (exact) mass is 199 g/mol. The van der Waals surface area contributed by atoms with Gasteiger partial charge in [0.15, 0.2) is 0 Å². The summed E-state index contributed by atoms with van der Waals surface area (Å²) >= 11 is 0. The van der Waals surface area contributed by atoms with Crippen molar-refractivity contribution in [1.82, 2.24) is 4.90 Å². The first-order valence-electron chi connectivity index (χ1n) is 4.36. The number of carbonyl (C=O) groups excluding carboxylic acids is 1. The number of aliphatic carboxylic acids is 1. The molecule has 1 saturated heterocycles. The van der Waals surface area contributed by atoms with Crippen LogP contribution in [0.4, 0.5) is 0 Å². The minimum atomic E-state index is -1.11. The van der Waals surface area contributed by atoms with Crippen LogP contribution in [0.1, 0.15) is 6.42 Å². The van der Waals surface area contributed by atoms with E-state index in [1.54, 1.807) is 12.0 Å². The zero-order valence-corrected chi connectivity index (χ0v) is 7.97. The van der Waals surface area contributed by atoms with Gasteiger partial charge in [0.1, 0.15) is 0 Å². The molecule has 1 N–H and O–H groups in total. The lowest BCUT2D eigenvalue weighted by Gasteiger charge is -2.13. The molecule has 0 spiro atoms. The summed E-state index contributed by atoms with van der Waals surface area (Å²) < 4.78 is 5.08. The normalized spacial score (nSPS) is 21.8. The molecule has 0 aromatic carbocycles. The van der Waals surface area contributed by atoms with Crippen molar-refractivity contribution in [2.45, 2.75) is 12.5 Å². The lowest BCUT2D eigenvalue weighted by Crippen LogP contribution is -2.28. The first-order chi connectivity index (χ1) is 6.63. The number of methoxy groups -OCH3 is 1. The first-order valence-corrected chi connectivity index (χ1v) is 4.36. The van der Waals surface area contributed by atoms with Gasteiger partial charge in [0.2, 0.25) is 5.91 Å². The van der Waals surface area contributed by atoms with Gasteiger partial charge < -0.3 is 14.7 Å². The Labute approximate surface area is 82.0 Å². The molecule has 1 aliphatic rings. The van der Waals surface area contributed by atoms with Gasteiger partial charge >= 0.3 is 5.97 Å². The number of amides is 1. The summed E-state index contributed by atoms with van der Waals surface area (Å²) in [6, 6.07) is 0. The topological polar surface area (TPSA) is 66.8 Å². The number of carboxylic acids is 1. The molecule has 5 nitrogen and oxygen atoms in total. The number of carboxylic acid groups (broad SMARTS) is 1. The molecule has 0 aromatic heterocycles. The molecule has 0 aromatic rings. The second kappa shape index (κ2) is 4.76. The van der Waals surface area contributed by atoms with Gasteiger partial charge in [-0.3, -0.25) is 4.79 Å². The molecule has 1 heterocycles. The van der Waals surface area contributed by atoms with Crippen LogP contribution < -0.4 is 0 Å². The number of hydrogen-bond donors (Lipinski definition) is 1. The quantitative estimate of drug-likeness (QED) is 0.643. The lowest BCUT2D eigenvalue weighted by atomic mass is 10.3. The number of rotatable bonds is 3. The van der Waals surface area contributed by atoms with Gasteiger partial charge in [0.05, 0.1) is 6.10 Å². The smallest absolute Gasteiger partial charge is 0.328 e. The summed E-state index contributed by atoms with van der Waals surface area (Å²) in [5, 5.41) is 8.32. The molecular weight excluding hydrogens is 186 g/mol. The molecule has 0 radical (unpaired) electrons. The van der Waals surface area contributed by atoms with Gasteiger partial charge in [0.25, 0.3) is 0 Å². The fourth-order valence-electron chi connectivity index (χ4n) is 1.37. The van der Waals surface area contributed by atoms with Crippen LogP contribution in [0.15, 0.2) is 12.2 Å². The minimum Gasteiger partial charge on any atom is -0.478 e. The molecule has 14 heavy (non-hydrogen) atoms. The van der Waals surface area contributed by atoms with Crippen molar-refractivity contribution in [1.29, 1.82) is 0 Å². The highest BCUT2D eigenvalue weighted by atomic mass is 16.5. The highest BCUT2D eigenvalue weighted by molar-refractivity contribution is 5.94. The van der Waals surface area contributed by atoms with E-state index in [1.807, 2.05) is 0 Å². The second-order valence-corrected chi connectivity index (χ2v) is 3.10. The van der Waals surface area contributed by atoms with Gasteiger partial charge in [-0.15, -0.1) is 0 Å². The van der Waals surface area contributed by atoms with Gasteiger partial charge in [-0.2, -0.15) is 0 Å². The summed E-state index contributed by atoms with van der Waals surface area (Å²) in [4.78, 5) is 23.1. The number of carbonyl (C=O) groups is 2. The zero-order valence-electron chi connectivity index (χ0n) is 7.97. The van der Waals surface area contributed by atoms with E-state index < -0.39 is 5.97 Å². The predicted octanol–water partition coefficient (Wildman–Crippen LogP) is -0.126. The third kappa shape index (κ3) is 2.85. The average molecular weight is 199 g/mol. The Bertz CT molecular complexity index is 262. The summed E-state index contributed by atoms with van der Waals surface area (Å²) in [5.41, 5.74) is 0. The van der Waals surface area contributed by atoms with Crippen molar-refractivity contribution in [3.8, 4) is 0 Å². The third-order valence-electron chi connectivity index (χ3n) is 2.16. The Hall–Kier alpha value is -1.36. The zero-order chi connectivity index (χ0) is 10.6. The van der Waals surface area contributed by atoms with Crippen LogP contribution in [0.2, 0.25) is 0 Å². The van der Waals surface area contributed by atoms with Crippen molar-refractivity contribution in [3.05, 3.63) is 12.2 Å². The Balaban J connectivity index is 2.43. The molecule has 1 amide bonds. The molecule has 1 fully saturated rings. The minimum absolute atomic E-state index is 0.0807. The molecule has 0 unspecified atom stereocenters. The van der Waals surface area contributed by atoms with Crippen LogP contribution >= 0.6 is 0 Å². The van der Waals surface area contributed by atoms with E-state index in [0.717, 1.165) is 18.6 Å². The summed E-state index contributed by atoms with van der Waals surface area (Å²) in [7, 11) is 1.60. The Morgan fingerprint density at radius 2 is 2.21 bits per heavy atom. The first kappa shape index (κ1) is 10.7. The Kier molecular flexibility index (Phi) is 3.64. The number of nitrogens with zero attached hydrogens (tertiary/aromatic N) is 1. The van der Waals surface area contributed by atoms with Crippen LogP contribution in [-0.2, 0) is 14.3 Å². The third-order valence-corrected chi connectivity index (χ3v) is 2.16. The van der Waals surface area contributed by atoms with Crippen LogP contribution in [-0.4, -0.2) is 48.2 Å². The van der Waals surface area contributed by atoms with Crippen LogP contribution in [0.25, 0.3) is 0 Å². The van der Waals surface area contributed by atoms with Gasteiger partial charge in [-0.1, -0.05) is 0 Å². The van der Waals surface area contributed by atoms with E-state index >= 15 is 0 Å². The molecule has 1 atom stereocenters. The average Bonchev–Trinajstić information content (AvgIpc) is 2.62. The summed E-state index contributed by atoms with van der Waals surface area (Å²) in [6.07, 6.45) is 2.81. The highest BCUT2D eigenvalue weighted by Gasteiger charge is 2.24. The Morgan fingerprint density at radius 1 is 1.50 bits per heavy atom.